The van der Waals surface area contributed by atoms with E-state index < -0.39 is 18.2 Å². The third kappa shape index (κ3) is 29.6. The number of nitrogen functional groups attached to an aromatic ring is 5. The van der Waals surface area contributed by atoms with Crippen molar-refractivity contribution >= 4 is 74.6 Å². The highest BCUT2D eigenvalue weighted by molar-refractivity contribution is 5.86. The first-order chi connectivity index (χ1) is 60.4. The highest BCUT2D eigenvalue weighted by atomic mass is 19.1. The zero-order chi connectivity index (χ0) is 97.0. The number of hydrogen-bond acceptors (Lipinski definition) is 27. The van der Waals surface area contributed by atoms with Crippen LogP contribution < -0.4 is 101 Å². The minimum atomic E-state index is -0.993. The summed E-state index contributed by atoms with van der Waals surface area (Å²) in [5.41, 5.74) is 42.2. The number of halogens is 1. The Labute approximate surface area is 741 Å². The van der Waals surface area contributed by atoms with Gasteiger partial charge in [0.25, 0.3) is 22.2 Å². The summed E-state index contributed by atoms with van der Waals surface area (Å²) in [5, 5.41) is 5.85. The van der Waals surface area contributed by atoms with Gasteiger partial charge in [0.15, 0.2) is 28.5 Å². The molecule has 0 fully saturated rings. The highest BCUT2D eigenvalue weighted by Gasteiger charge is 2.27. The molecular formula is C85H121FN32O11. The molecule has 2 unspecified atom stereocenters. The molecule has 44 heteroatoms. The van der Waals surface area contributed by atoms with Gasteiger partial charge in [0.05, 0.1) is 29.2 Å². The van der Waals surface area contributed by atoms with E-state index in [0.717, 1.165) is 39.6 Å². The number of anilines is 5. The maximum absolute atomic E-state index is 12.8. The SMILES string of the molecule is CC#CC1=CN(C(C)C)C(=O)NC1N.CC(C)N1C=C(F)C(N)NC1=O.CC(C)n1cc(-c2ccccc2)c(=O)[nH]c1=O.CC(C)n1ccc(=O)[nH]c1=O.CC(C)n1ccc(N)nc1=O.CC(C)n1ccc2c(N)ncnc21.CC(C)n1cnc2c(=O)[nH]c(N)nc21.CC(C)n1cnc2c(N)ncnc21.Cc1cn(C(C)C)c(=O)[nH]c1=O.Cc1cn(C(C)C)c(=O)nc1N. The number of fused-ring (bicyclic) bond motifs is 3. The topological polar surface area (TPSA) is 619 Å². The maximum Gasteiger partial charge on any atom is 0.349 e. The molecule has 0 aliphatic carbocycles. The Bertz CT molecular complexity index is 6410. The van der Waals surface area contributed by atoms with Gasteiger partial charge in [-0.25, -0.2) is 67.9 Å². The number of amides is 4. The second kappa shape index (κ2) is 47.9. The zero-order valence-corrected chi connectivity index (χ0v) is 76.9. The van der Waals surface area contributed by atoms with Gasteiger partial charge in [-0.2, -0.15) is 15.0 Å². The molecule has 14 rings (SSSR count). The Morgan fingerprint density at radius 1 is 0.403 bits per heavy atom. The number of nitrogens with zero attached hydrogens (tertiary/aromatic N) is 19. The van der Waals surface area contributed by atoms with E-state index in [1.807, 2.05) is 151 Å². The van der Waals surface area contributed by atoms with Crippen LogP contribution in [0.15, 0.2) is 178 Å². The van der Waals surface area contributed by atoms with E-state index in [0.29, 0.717) is 57.3 Å². The standard InChI is InChI=1S/C13H14N2O2.C10H15N3O.C9H12N4.C8H11N5O.C8H11N5.C8H13N3O.C8H12N2O2.C7H12FN3O.C7H11N3O.C7H10N2O2/c1-9(2)15-8-11(12(16)14-13(15)17)10-6-4-3-5-7-10;1-4-5-8-6-13(7(2)3)10(14)12-9(8)11;1-6(2)13-4-3-7-8(10)11-5-12-9(7)13;1-4(2)13-3-10-5-6(13)11-8(9)12-7(5)14;1-5(2)13-4-12-6-7(9)10-3-11-8(6)13;1-5(2)11-4-6(3)7(9)10-8(11)12;1-5(2)10-4-6(3)7(11)9-8(10)12;1-4(2)11-3-5(8)6(9)10-7(11)12;1-5(2)10-4-3-6(8)9-7(10)11;1-5(2)9-4-3-6(10)8-7(9)11/h3-9H,1-2H3,(H,14,16,17);6-7,9H,11H2,1-3H3,(H,12,14);3-6H,1-2H3,(H2,10,11,12);3-4H,1-2H3,(H3,9,11,12,14);3-5H,1-2H3,(H2,9,10,11);4-5H,1-3H3,(H2,9,10,12);4-5H,1-3H3,(H,9,11,12);3-4,6H,9H2,1-2H3,(H,10,12);3-5H,1-2H3,(H2,8,9,11);3-5H,1-2H3,(H,8,10,11). The minimum absolute atomic E-state index is 0.0156. The quantitative estimate of drug-likeness (QED) is 0.0559. The summed E-state index contributed by atoms with van der Waals surface area (Å²) in [4.78, 5) is 171. The number of aromatic nitrogens is 21. The lowest BCUT2D eigenvalue weighted by Crippen LogP contribution is -2.53. The molecule has 2 aliphatic heterocycles. The molecule has 0 radical (unpaired) electrons. The van der Waals surface area contributed by atoms with Gasteiger partial charge < -0.3 is 64.5 Å². The van der Waals surface area contributed by atoms with Crippen LogP contribution in [0.25, 0.3) is 44.5 Å². The zero-order valence-electron chi connectivity index (χ0n) is 76.9. The Balaban J connectivity index is 0.000000255. The molecule has 2 aliphatic rings. The second-order valence-corrected chi connectivity index (χ2v) is 31.8. The molecule has 2 atom stereocenters. The molecule has 43 nitrogen and oxygen atoms in total. The number of nitrogens with one attached hydrogen (secondary N) is 6. The van der Waals surface area contributed by atoms with Crippen LogP contribution in [0, 0.1) is 25.7 Å². The highest BCUT2D eigenvalue weighted by Crippen LogP contribution is 2.23. The lowest BCUT2D eigenvalue weighted by Gasteiger charge is -2.30. The van der Waals surface area contributed by atoms with Crippen LogP contribution in [0.2, 0.25) is 0 Å². The van der Waals surface area contributed by atoms with Crippen molar-refractivity contribution in [3.8, 4) is 23.0 Å². The summed E-state index contributed by atoms with van der Waals surface area (Å²) < 4.78 is 26.2. The molecule has 1 aromatic carbocycles. The number of carbonyl (C=O) groups excluding carboxylic acids is 2. The Morgan fingerprint density at radius 3 is 1.40 bits per heavy atom. The van der Waals surface area contributed by atoms with Crippen LogP contribution in [-0.4, -0.2) is 148 Å². The Kier molecular flexibility index (Phi) is 38.8. The fourth-order valence-electron chi connectivity index (χ4n) is 11.4. The molecular weight excluding hydrogens is 1660 g/mol. The van der Waals surface area contributed by atoms with Crippen LogP contribution in [0.1, 0.15) is 205 Å². The first-order valence-corrected chi connectivity index (χ1v) is 41.1. The van der Waals surface area contributed by atoms with Gasteiger partial charge in [-0.3, -0.25) is 71.7 Å². The van der Waals surface area contributed by atoms with Crippen molar-refractivity contribution < 1.29 is 14.0 Å². The number of benzene rings is 1. The van der Waals surface area contributed by atoms with Gasteiger partial charge >= 0.3 is 40.5 Å². The number of urea groups is 2. The van der Waals surface area contributed by atoms with Crippen molar-refractivity contribution in [1.29, 1.82) is 0 Å². The van der Waals surface area contributed by atoms with E-state index in [1.54, 1.807) is 91.4 Å². The first-order valence-electron chi connectivity index (χ1n) is 41.1. The van der Waals surface area contributed by atoms with Crippen molar-refractivity contribution in [3.05, 3.63) is 240 Å². The summed E-state index contributed by atoms with van der Waals surface area (Å²) in [5.74, 6) is 6.79. The lowest BCUT2D eigenvalue weighted by molar-refractivity contribution is 0.193. The van der Waals surface area contributed by atoms with Crippen LogP contribution in [0.5, 0.6) is 0 Å². The molecule has 0 saturated heterocycles. The number of aryl methyl sites for hydroxylation is 2. The Morgan fingerprint density at radius 2 is 0.868 bits per heavy atom. The monoisotopic (exact) mass is 1780 g/mol. The molecule has 0 saturated carbocycles. The predicted molar refractivity (Wildman–Crippen MR) is 500 cm³/mol. The normalized spacial score (nSPS) is 13.2. The van der Waals surface area contributed by atoms with Crippen molar-refractivity contribution in [1.82, 2.24) is 122 Å². The number of nitrogens with two attached hydrogens (primary N) is 7. The molecule has 13 heterocycles. The molecule has 0 bridgehead atoms. The van der Waals surface area contributed by atoms with E-state index in [-0.39, 0.29) is 123 Å². The number of carbonyl (C=O) groups is 2. The summed E-state index contributed by atoms with van der Waals surface area (Å²) in [6.45, 7) is 44.0. The number of hydrogen-bond donors (Lipinski definition) is 13. The van der Waals surface area contributed by atoms with E-state index in [1.165, 1.54) is 48.1 Å². The van der Waals surface area contributed by atoms with Crippen molar-refractivity contribution in [2.45, 2.75) is 232 Å². The number of imidazole rings is 2. The average molecular weight is 1790 g/mol. The predicted octanol–water partition coefficient (Wildman–Crippen LogP) is 7.44. The number of H-pyrrole nitrogens is 4. The van der Waals surface area contributed by atoms with Crippen LogP contribution in [0.4, 0.5) is 43.2 Å². The van der Waals surface area contributed by atoms with E-state index >= 15 is 0 Å². The van der Waals surface area contributed by atoms with Crippen LogP contribution >= 0.6 is 0 Å². The van der Waals surface area contributed by atoms with Crippen LogP contribution in [0.3, 0.4) is 0 Å². The smallest absolute Gasteiger partial charge is 0.349 e. The van der Waals surface area contributed by atoms with Gasteiger partial charge in [-0.1, -0.05) is 36.3 Å². The molecule has 20 N–H and O–H groups in total. The molecule has 12 aromatic rings. The third-order valence-electron chi connectivity index (χ3n) is 18.5. The van der Waals surface area contributed by atoms with Crippen molar-refractivity contribution in [2.75, 3.05) is 28.7 Å². The first kappa shape index (κ1) is 105. The van der Waals surface area contributed by atoms with E-state index in [9.17, 15) is 57.1 Å². The summed E-state index contributed by atoms with van der Waals surface area (Å²) in [6.07, 6.45) is 17.7. The molecule has 694 valence electrons. The number of rotatable bonds is 11. The van der Waals surface area contributed by atoms with E-state index in [4.69, 9.17) is 40.1 Å². The minimum Gasteiger partial charge on any atom is -0.383 e. The van der Waals surface area contributed by atoms with Gasteiger partial charge in [0.2, 0.25) is 5.95 Å². The van der Waals surface area contributed by atoms with Gasteiger partial charge in [-0.05, 0) is 177 Å². The molecule has 4 amide bonds. The van der Waals surface area contributed by atoms with Gasteiger partial charge in [0, 0.05) is 127 Å². The lowest BCUT2D eigenvalue weighted by atomic mass is 10.1. The van der Waals surface area contributed by atoms with Gasteiger partial charge in [0.1, 0.15) is 53.6 Å². The molecule has 11 aromatic heterocycles. The largest absolute Gasteiger partial charge is 0.383 e. The van der Waals surface area contributed by atoms with Crippen molar-refractivity contribution in [2.24, 2.45) is 11.5 Å². The fourth-order valence-corrected chi connectivity index (χ4v) is 11.4. The second-order valence-electron chi connectivity index (χ2n) is 31.8. The van der Waals surface area contributed by atoms with Gasteiger partial charge in [-0.15, -0.1) is 5.92 Å². The maximum atomic E-state index is 12.8. The van der Waals surface area contributed by atoms with Crippen molar-refractivity contribution in [3.63, 3.8) is 0 Å². The summed E-state index contributed by atoms with van der Waals surface area (Å²) in [6, 6.07) is 15.1. The Hall–Kier alpha value is -15.0. The summed E-state index contributed by atoms with van der Waals surface area (Å²) >= 11 is 0. The summed E-state index contributed by atoms with van der Waals surface area (Å²) in [7, 11) is 0. The number of aromatic amines is 4. The van der Waals surface area contributed by atoms with Crippen LogP contribution in [-0.2, 0) is 0 Å². The molecule has 0 spiro atoms. The van der Waals surface area contributed by atoms with E-state index in [2.05, 4.69) is 120 Å². The fraction of sp³-hybridized carbons (Fsp3) is 0.412. The third-order valence-corrected chi connectivity index (χ3v) is 18.5. The average Bonchev–Trinajstić information content (AvgIpc) is 1.73. The molecule has 129 heavy (non-hydrogen) atoms.